The number of hydrogen-bond donors (Lipinski definition) is 7. The van der Waals surface area contributed by atoms with E-state index in [1.54, 1.807) is 49.1 Å². The van der Waals surface area contributed by atoms with Gasteiger partial charge in [-0.05, 0) is 72.2 Å². The molecule has 3 heterocycles. The molecule has 16 heteroatoms. The lowest BCUT2D eigenvalue weighted by Crippen LogP contribution is -2.55. The number of anilines is 1. The van der Waals surface area contributed by atoms with Crippen molar-refractivity contribution in [2.75, 3.05) is 5.73 Å². The Hall–Kier alpha value is -6.97. The molecule has 0 radical (unpaired) electrons. The maximum Gasteiger partial charge on any atom is 0.405 e. The van der Waals surface area contributed by atoms with Crippen molar-refractivity contribution in [2.24, 2.45) is 0 Å². The van der Waals surface area contributed by atoms with Gasteiger partial charge in [-0.3, -0.25) is 9.59 Å². The molecule has 8 N–H and O–H groups in total. The minimum atomic E-state index is -1.39. The van der Waals surface area contributed by atoms with E-state index in [-0.39, 0.29) is 30.9 Å². The van der Waals surface area contributed by atoms with Crippen molar-refractivity contribution in [2.45, 2.75) is 70.6 Å². The van der Waals surface area contributed by atoms with E-state index in [1.165, 1.54) is 6.33 Å². The molecule has 0 saturated carbocycles. The van der Waals surface area contributed by atoms with Crippen molar-refractivity contribution in [1.82, 2.24) is 45.6 Å². The number of imidazole rings is 2. The monoisotopic (exact) mass is 760 g/mol. The largest absolute Gasteiger partial charge is 0.508 e. The van der Waals surface area contributed by atoms with Gasteiger partial charge in [-0.2, -0.15) is 4.98 Å². The van der Waals surface area contributed by atoms with Crippen LogP contribution in [0.3, 0.4) is 0 Å². The van der Waals surface area contributed by atoms with E-state index in [2.05, 4.69) is 41.0 Å². The van der Waals surface area contributed by atoms with Crippen molar-refractivity contribution in [3.63, 3.8) is 0 Å². The van der Waals surface area contributed by atoms with Gasteiger partial charge in [0, 0.05) is 44.4 Å². The van der Waals surface area contributed by atoms with Gasteiger partial charge in [-0.15, -0.1) is 0 Å². The van der Waals surface area contributed by atoms with E-state index in [0.717, 1.165) is 22.3 Å². The standard InChI is InChI=1S/C40H44N10O6/c1-24-17-30(51)18-25(2)31(24)21-33(45-36(52)32(47-40(54)55)9-6-15-50-16-14-43-39(50)41)37(53)46-34(20-29-22-42-23-44-29)38-48-35(49-56-38)19-26-10-12-28(13-11-26)27-7-4-3-5-8-27/h3-5,7-8,10-14,16-18,22-23,32-34,47,51H,6,9,15,19-21H2,1-2H3,(H2,41,43)(H,42,44)(H,45,52)(H,46,53)(H,54,55)/t32?,33?,34-/m0/s1. The number of nitrogens with two attached hydrogens (primary N) is 1. The fraction of sp³-hybridized carbons (Fsp3) is 0.275. The molecule has 0 saturated heterocycles. The number of nitrogens with one attached hydrogen (secondary N) is 4. The summed E-state index contributed by atoms with van der Waals surface area (Å²) in [5.41, 5.74) is 11.8. The van der Waals surface area contributed by atoms with Crippen LogP contribution in [0, 0.1) is 13.8 Å². The zero-order chi connectivity index (χ0) is 39.6. The predicted molar refractivity (Wildman–Crippen MR) is 206 cm³/mol. The summed E-state index contributed by atoms with van der Waals surface area (Å²) >= 11 is 0. The fourth-order valence-corrected chi connectivity index (χ4v) is 6.58. The number of carbonyl (C=O) groups is 3. The first-order chi connectivity index (χ1) is 27.0. The summed E-state index contributed by atoms with van der Waals surface area (Å²) in [5, 5.41) is 32.1. The van der Waals surface area contributed by atoms with Crippen molar-refractivity contribution < 1.29 is 29.1 Å². The highest BCUT2D eigenvalue weighted by Crippen LogP contribution is 2.24. The van der Waals surface area contributed by atoms with Crippen molar-refractivity contribution >= 4 is 23.9 Å². The van der Waals surface area contributed by atoms with Gasteiger partial charge in [-0.25, -0.2) is 14.8 Å². The Morgan fingerprint density at radius 1 is 0.911 bits per heavy atom. The molecule has 290 valence electrons. The topological polar surface area (TPSA) is 239 Å². The van der Waals surface area contributed by atoms with Crippen LogP contribution < -0.4 is 21.7 Å². The number of amides is 3. The lowest BCUT2D eigenvalue weighted by atomic mass is 9.95. The molecule has 3 aromatic heterocycles. The number of carboxylic acid groups (broad SMARTS) is 1. The fourth-order valence-electron chi connectivity index (χ4n) is 6.58. The summed E-state index contributed by atoms with van der Waals surface area (Å²) in [6.07, 6.45) is 6.14. The van der Waals surface area contributed by atoms with Crippen LogP contribution in [0.2, 0.25) is 0 Å². The highest BCUT2D eigenvalue weighted by atomic mass is 16.5. The second-order valence-corrected chi connectivity index (χ2v) is 13.6. The van der Waals surface area contributed by atoms with E-state index in [9.17, 15) is 24.6 Å². The number of aromatic amines is 1. The highest BCUT2D eigenvalue weighted by molar-refractivity contribution is 5.91. The highest BCUT2D eigenvalue weighted by Gasteiger charge is 2.31. The van der Waals surface area contributed by atoms with Crippen LogP contribution in [0.1, 0.15) is 58.5 Å². The molecule has 0 aliphatic heterocycles. The lowest BCUT2D eigenvalue weighted by Gasteiger charge is -2.25. The van der Waals surface area contributed by atoms with Gasteiger partial charge in [0.15, 0.2) is 11.8 Å². The Kier molecular flexibility index (Phi) is 12.4. The van der Waals surface area contributed by atoms with E-state index in [1.807, 2.05) is 54.6 Å². The molecule has 16 nitrogen and oxygen atoms in total. The molecule has 0 aliphatic rings. The Bertz CT molecular complexity index is 2210. The predicted octanol–water partition coefficient (Wildman–Crippen LogP) is 4.40. The number of aromatic hydroxyl groups is 1. The number of aryl methyl sites for hydroxylation is 3. The van der Waals surface area contributed by atoms with Crippen LogP contribution in [0.4, 0.5) is 10.7 Å². The molecule has 0 spiro atoms. The molecule has 3 atom stereocenters. The van der Waals surface area contributed by atoms with Gasteiger partial charge < -0.3 is 46.0 Å². The molecule has 2 unspecified atom stereocenters. The minimum Gasteiger partial charge on any atom is -0.508 e. The van der Waals surface area contributed by atoms with Gasteiger partial charge >= 0.3 is 6.09 Å². The van der Waals surface area contributed by atoms with Crippen molar-refractivity contribution in [3.8, 4) is 16.9 Å². The molecule has 6 aromatic rings. The number of H-pyrrole nitrogens is 1. The van der Waals surface area contributed by atoms with Gasteiger partial charge in [0.05, 0.1) is 12.0 Å². The Morgan fingerprint density at radius 2 is 1.62 bits per heavy atom. The van der Waals surface area contributed by atoms with Crippen LogP contribution in [0.5, 0.6) is 5.75 Å². The summed E-state index contributed by atoms with van der Waals surface area (Å²) in [6, 6.07) is 18.0. The molecular formula is C40H44N10O6. The summed E-state index contributed by atoms with van der Waals surface area (Å²) in [7, 11) is 0. The second-order valence-electron chi connectivity index (χ2n) is 13.6. The number of rotatable bonds is 17. The Balaban J connectivity index is 1.22. The molecule has 0 aliphatic carbocycles. The molecular weight excluding hydrogens is 717 g/mol. The summed E-state index contributed by atoms with van der Waals surface area (Å²) in [4.78, 5) is 55.8. The third-order valence-electron chi connectivity index (χ3n) is 9.47. The average Bonchev–Trinajstić information content (AvgIpc) is 3.96. The quantitative estimate of drug-likeness (QED) is 0.0688. The first-order valence-corrected chi connectivity index (χ1v) is 18.1. The number of nitrogen functional groups attached to an aromatic ring is 1. The molecule has 0 bridgehead atoms. The van der Waals surface area contributed by atoms with Crippen LogP contribution in [-0.2, 0) is 35.4 Å². The number of phenolic OH excluding ortho intramolecular Hbond substituents is 1. The van der Waals surface area contributed by atoms with E-state index < -0.39 is 36.0 Å². The van der Waals surface area contributed by atoms with Crippen LogP contribution >= 0.6 is 0 Å². The third kappa shape index (κ3) is 10.2. The van der Waals surface area contributed by atoms with Crippen LogP contribution in [-0.4, -0.2) is 69.9 Å². The van der Waals surface area contributed by atoms with Crippen molar-refractivity contribution in [1.29, 1.82) is 0 Å². The lowest BCUT2D eigenvalue weighted by molar-refractivity contribution is -0.130. The van der Waals surface area contributed by atoms with E-state index >= 15 is 0 Å². The second kappa shape index (κ2) is 17.9. The molecule has 6 rings (SSSR count). The Morgan fingerprint density at radius 3 is 2.29 bits per heavy atom. The molecule has 0 fully saturated rings. The molecule has 3 amide bonds. The van der Waals surface area contributed by atoms with E-state index in [4.69, 9.17) is 10.3 Å². The smallest absolute Gasteiger partial charge is 0.405 e. The number of phenols is 1. The van der Waals surface area contributed by atoms with Crippen LogP contribution in [0.15, 0.2) is 96.2 Å². The van der Waals surface area contributed by atoms with Gasteiger partial charge in [-0.1, -0.05) is 59.8 Å². The number of aromatic nitrogens is 6. The molecule has 3 aromatic carbocycles. The normalized spacial score (nSPS) is 12.8. The maximum absolute atomic E-state index is 14.3. The average molecular weight is 761 g/mol. The van der Waals surface area contributed by atoms with Crippen LogP contribution in [0.25, 0.3) is 11.1 Å². The van der Waals surface area contributed by atoms with Gasteiger partial charge in [0.25, 0.3) is 0 Å². The maximum atomic E-state index is 14.3. The third-order valence-corrected chi connectivity index (χ3v) is 9.47. The summed E-state index contributed by atoms with van der Waals surface area (Å²) in [6.45, 7) is 3.99. The first kappa shape index (κ1) is 38.7. The number of benzene rings is 3. The minimum absolute atomic E-state index is 0.0318. The van der Waals surface area contributed by atoms with Gasteiger partial charge in [0.1, 0.15) is 23.9 Å². The molecule has 56 heavy (non-hydrogen) atoms. The summed E-state index contributed by atoms with van der Waals surface area (Å²) < 4.78 is 7.40. The number of nitrogens with zero attached hydrogens (tertiary/aromatic N) is 5. The number of carbonyl (C=O) groups excluding carboxylic acids is 2. The van der Waals surface area contributed by atoms with Gasteiger partial charge in [0.2, 0.25) is 17.7 Å². The van der Waals surface area contributed by atoms with Crippen molar-refractivity contribution in [3.05, 3.63) is 131 Å². The zero-order valence-electron chi connectivity index (χ0n) is 31.0. The first-order valence-electron chi connectivity index (χ1n) is 18.1. The summed E-state index contributed by atoms with van der Waals surface area (Å²) in [5.74, 6) is -0.359. The van der Waals surface area contributed by atoms with E-state index in [0.29, 0.717) is 48.0 Å². The zero-order valence-corrected chi connectivity index (χ0v) is 31.0. The number of hydrogen-bond acceptors (Lipinski definition) is 10. The SMILES string of the molecule is Cc1cc(O)cc(C)c1CC(NC(=O)C(CCCn1ccnc1N)NC(=O)O)C(=O)N[C@@H](Cc1c[nH]cn1)c1nc(Cc2ccc(-c3ccccc3)cc2)no1. The Labute approximate surface area is 322 Å².